The van der Waals surface area contributed by atoms with E-state index in [9.17, 15) is 4.79 Å². The summed E-state index contributed by atoms with van der Waals surface area (Å²) in [5.74, 6) is 0.385. The molecular weight excluding hydrogens is 184 g/mol. The van der Waals surface area contributed by atoms with E-state index in [0.29, 0.717) is 11.5 Å². The maximum Gasteiger partial charge on any atom is 0.338 e. The number of hydrogen-bond donors (Lipinski definition) is 0. The second-order valence-electron chi connectivity index (χ2n) is 3.39. The summed E-state index contributed by atoms with van der Waals surface area (Å²) in [5, 5.41) is 1.85. The Hall–Kier alpha value is -0.830. The van der Waals surface area contributed by atoms with E-state index in [1.807, 2.05) is 11.4 Å². The van der Waals surface area contributed by atoms with Crippen molar-refractivity contribution in [1.82, 2.24) is 0 Å². The van der Waals surface area contributed by atoms with Crippen LogP contribution in [0.25, 0.3) is 0 Å². The summed E-state index contributed by atoms with van der Waals surface area (Å²) in [6.07, 6.45) is 1.03. The molecule has 0 aliphatic carbocycles. The number of thiophene rings is 1. The van der Waals surface area contributed by atoms with E-state index in [-0.39, 0.29) is 5.97 Å². The average Bonchev–Trinajstić information content (AvgIpc) is 2.50. The summed E-state index contributed by atoms with van der Waals surface area (Å²) in [7, 11) is 1.40. The molecule has 0 spiro atoms. The van der Waals surface area contributed by atoms with Crippen molar-refractivity contribution in [2.75, 3.05) is 7.11 Å². The highest BCUT2D eigenvalue weighted by molar-refractivity contribution is 7.10. The summed E-state index contributed by atoms with van der Waals surface area (Å²) >= 11 is 1.62. The van der Waals surface area contributed by atoms with Crippen molar-refractivity contribution >= 4 is 17.3 Å². The summed E-state index contributed by atoms with van der Waals surface area (Å²) in [4.78, 5) is 12.3. The van der Waals surface area contributed by atoms with Crippen LogP contribution in [0.1, 0.15) is 29.1 Å². The fourth-order valence-corrected chi connectivity index (χ4v) is 2.18. The van der Waals surface area contributed by atoms with Gasteiger partial charge >= 0.3 is 5.97 Å². The van der Waals surface area contributed by atoms with Gasteiger partial charge in [0.2, 0.25) is 0 Å². The highest BCUT2D eigenvalue weighted by Crippen LogP contribution is 2.18. The first-order valence-electron chi connectivity index (χ1n) is 4.29. The molecule has 0 saturated carbocycles. The number of rotatable bonds is 3. The van der Waals surface area contributed by atoms with Gasteiger partial charge < -0.3 is 4.74 Å². The highest BCUT2D eigenvalue weighted by atomic mass is 32.1. The Morgan fingerprint density at radius 2 is 2.31 bits per heavy atom. The first-order valence-corrected chi connectivity index (χ1v) is 5.17. The molecule has 1 heterocycles. The SMILES string of the molecule is COC(=O)c1csc(CC(C)C)c1. The van der Waals surface area contributed by atoms with Crippen LogP contribution in [0.4, 0.5) is 0 Å². The van der Waals surface area contributed by atoms with Gasteiger partial charge in [0.05, 0.1) is 12.7 Å². The van der Waals surface area contributed by atoms with E-state index < -0.39 is 0 Å². The molecule has 13 heavy (non-hydrogen) atoms. The van der Waals surface area contributed by atoms with Crippen LogP contribution in [0.3, 0.4) is 0 Å². The summed E-state index contributed by atoms with van der Waals surface area (Å²) in [5.41, 5.74) is 0.670. The van der Waals surface area contributed by atoms with E-state index in [0.717, 1.165) is 6.42 Å². The molecule has 0 atom stereocenters. The van der Waals surface area contributed by atoms with Gasteiger partial charge in [0.1, 0.15) is 0 Å². The van der Waals surface area contributed by atoms with Gasteiger partial charge in [-0.1, -0.05) is 13.8 Å². The van der Waals surface area contributed by atoms with E-state index in [1.165, 1.54) is 12.0 Å². The Morgan fingerprint density at radius 1 is 1.62 bits per heavy atom. The molecule has 0 fully saturated rings. The zero-order valence-electron chi connectivity index (χ0n) is 8.16. The molecule has 0 N–H and O–H groups in total. The molecule has 0 saturated heterocycles. The predicted molar refractivity (Wildman–Crippen MR) is 54.2 cm³/mol. The molecule has 1 aromatic heterocycles. The minimum Gasteiger partial charge on any atom is -0.465 e. The van der Waals surface area contributed by atoms with Gasteiger partial charge in [-0.2, -0.15) is 0 Å². The van der Waals surface area contributed by atoms with Crippen molar-refractivity contribution in [2.45, 2.75) is 20.3 Å². The lowest BCUT2D eigenvalue weighted by atomic mass is 10.1. The van der Waals surface area contributed by atoms with Crippen molar-refractivity contribution in [2.24, 2.45) is 5.92 Å². The smallest absolute Gasteiger partial charge is 0.338 e. The Morgan fingerprint density at radius 3 is 2.85 bits per heavy atom. The lowest BCUT2D eigenvalue weighted by Gasteiger charge is -1.99. The van der Waals surface area contributed by atoms with Crippen molar-refractivity contribution < 1.29 is 9.53 Å². The summed E-state index contributed by atoms with van der Waals surface area (Å²) < 4.78 is 4.62. The zero-order chi connectivity index (χ0) is 9.84. The zero-order valence-corrected chi connectivity index (χ0v) is 8.98. The highest BCUT2D eigenvalue weighted by Gasteiger charge is 2.08. The number of esters is 1. The van der Waals surface area contributed by atoms with Gasteiger partial charge in [-0.25, -0.2) is 4.79 Å². The Balaban J connectivity index is 2.69. The Bertz CT molecular complexity index is 289. The standard InChI is InChI=1S/C10H14O2S/c1-7(2)4-9-5-8(6-13-9)10(11)12-3/h5-7H,4H2,1-3H3. The largest absolute Gasteiger partial charge is 0.465 e. The van der Waals surface area contributed by atoms with Crippen molar-refractivity contribution in [3.8, 4) is 0 Å². The van der Waals surface area contributed by atoms with Crippen LogP contribution >= 0.6 is 11.3 Å². The Labute approximate surface area is 82.5 Å². The molecular formula is C10H14O2S. The van der Waals surface area contributed by atoms with Gasteiger partial charge in [-0.15, -0.1) is 11.3 Å². The number of carbonyl (C=O) groups is 1. The van der Waals surface area contributed by atoms with Crippen LogP contribution in [0.2, 0.25) is 0 Å². The van der Waals surface area contributed by atoms with Crippen molar-refractivity contribution in [3.05, 3.63) is 21.9 Å². The predicted octanol–water partition coefficient (Wildman–Crippen LogP) is 2.73. The first-order chi connectivity index (χ1) is 6.13. The third-order valence-electron chi connectivity index (χ3n) is 1.68. The maximum atomic E-state index is 11.1. The molecule has 0 radical (unpaired) electrons. The van der Waals surface area contributed by atoms with E-state index in [4.69, 9.17) is 0 Å². The van der Waals surface area contributed by atoms with Crippen LogP contribution < -0.4 is 0 Å². The second-order valence-corrected chi connectivity index (χ2v) is 4.39. The van der Waals surface area contributed by atoms with Crippen LogP contribution in [0, 0.1) is 5.92 Å². The van der Waals surface area contributed by atoms with Crippen molar-refractivity contribution in [3.63, 3.8) is 0 Å². The number of carbonyl (C=O) groups excluding carboxylic acids is 1. The molecule has 3 heteroatoms. The third-order valence-corrected chi connectivity index (χ3v) is 2.64. The first kappa shape index (κ1) is 10.3. The third kappa shape index (κ3) is 2.84. The molecule has 1 rings (SSSR count). The molecule has 0 unspecified atom stereocenters. The topological polar surface area (TPSA) is 26.3 Å². The average molecular weight is 198 g/mol. The number of ether oxygens (including phenoxy) is 1. The lowest BCUT2D eigenvalue weighted by Crippen LogP contribution is -1.98. The minimum atomic E-state index is -0.244. The van der Waals surface area contributed by atoms with E-state index in [1.54, 1.807) is 11.3 Å². The fourth-order valence-electron chi connectivity index (χ4n) is 1.11. The van der Waals surface area contributed by atoms with E-state index >= 15 is 0 Å². The molecule has 0 amide bonds. The lowest BCUT2D eigenvalue weighted by molar-refractivity contribution is 0.0601. The minimum absolute atomic E-state index is 0.244. The van der Waals surface area contributed by atoms with Crippen LogP contribution in [-0.2, 0) is 11.2 Å². The number of methoxy groups -OCH3 is 1. The van der Waals surface area contributed by atoms with Gasteiger partial charge in [-0.05, 0) is 18.4 Å². The normalized spacial score (nSPS) is 10.5. The van der Waals surface area contributed by atoms with Crippen LogP contribution in [0.15, 0.2) is 11.4 Å². The fraction of sp³-hybridized carbons (Fsp3) is 0.500. The van der Waals surface area contributed by atoms with Crippen LogP contribution in [-0.4, -0.2) is 13.1 Å². The van der Waals surface area contributed by atoms with Gasteiger partial charge in [0.25, 0.3) is 0 Å². The monoisotopic (exact) mass is 198 g/mol. The quantitative estimate of drug-likeness (QED) is 0.698. The molecule has 0 bridgehead atoms. The molecule has 0 aromatic carbocycles. The molecule has 1 aromatic rings. The summed E-state index contributed by atoms with van der Waals surface area (Å²) in [6.45, 7) is 4.33. The number of hydrogen-bond acceptors (Lipinski definition) is 3. The van der Waals surface area contributed by atoms with Gasteiger partial charge in [-0.3, -0.25) is 0 Å². The maximum absolute atomic E-state index is 11.1. The Kier molecular flexibility index (Phi) is 3.48. The molecule has 2 nitrogen and oxygen atoms in total. The second kappa shape index (κ2) is 4.42. The van der Waals surface area contributed by atoms with Crippen LogP contribution in [0.5, 0.6) is 0 Å². The van der Waals surface area contributed by atoms with Gasteiger partial charge in [0, 0.05) is 10.3 Å². The molecule has 0 aliphatic heterocycles. The molecule has 72 valence electrons. The summed E-state index contributed by atoms with van der Waals surface area (Å²) in [6, 6.07) is 1.91. The van der Waals surface area contributed by atoms with Gasteiger partial charge in [0.15, 0.2) is 0 Å². The molecule has 0 aliphatic rings. The van der Waals surface area contributed by atoms with E-state index in [2.05, 4.69) is 18.6 Å². The van der Waals surface area contributed by atoms with Crippen molar-refractivity contribution in [1.29, 1.82) is 0 Å².